The monoisotopic (exact) mass is 340 g/mol. The Morgan fingerprint density at radius 1 is 1.29 bits per heavy atom. The van der Waals surface area contributed by atoms with Gasteiger partial charge >= 0.3 is 0 Å². The fourth-order valence-electron chi connectivity index (χ4n) is 2.71. The normalized spacial score (nSPS) is 16.4. The van der Waals surface area contributed by atoms with Crippen molar-refractivity contribution in [1.29, 1.82) is 0 Å². The fourth-order valence-corrected chi connectivity index (χ4v) is 3.81. The molecule has 2 N–H and O–H groups in total. The number of nitrogens with zero attached hydrogens (tertiary/aromatic N) is 1. The first-order valence-corrected chi connectivity index (χ1v) is 8.81. The highest BCUT2D eigenvalue weighted by Gasteiger charge is 2.35. The summed E-state index contributed by atoms with van der Waals surface area (Å²) in [6.45, 7) is 1.46. The molecule has 1 unspecified atom stereocenters. The van der Waals surface area contributed by atoms with Gasteiger partial charge in [-0.2, -0.15) is 11.3 Å². The topological polar surface area (TPSA) is 29.3 Å². The summed E-state index contributed by atoms with van der Waals surface area (Å²) in [6, 6.07) is 8.70. The van der Waals surface area contributed by atoms with Gasteiger partial charge in [0.15, 0.2) is 0 Å². The Labute approximate surface area is 139 Å². The number of benzene rings is 1. The third-order valence-electron chi connectivity index (χ3n) is 3.93. The number of halogens is 2. The van der Waals surface area contributed by atoms with Crippen LogP contribution in [-0.4, -0.2) is 17.5 Å². The van der Waals surface area contributed by atoms with E-state index in [2.05, 4.69) is 21.7 Å². The highest BCUT2D eigenvalue weighted by atomic mass is 35.5. The maximum atomic E-state index is 6.41. The third-order valence-corrected chi connectivity index (χ3v) is 5.49. The molecule has 0 aliphatic heterocycles. The van der Waals surface area contributed by atoms with Crippen molar-refractivity contribution in [1.82, 2.24) is 4.90 Å². The van der Waals surface area contributed by atoms with Gasteiger partial charge in [0.05, 0.1) is 10.0 Å². The van der Waals surface area contributed by atoms with E-state index in [1.165, 1.54) is 18.4 Å². The van der Waals surface area contributed by atoms with E-state index >= 15 is 0 Å². The molecule has 1 atom stereocenters. The van der Waals surface area contributed by atoms with E-state index in [9.17, 15) is 0 Å². The first-order valence-electron chi connectivity index (χ1n) is 7.11. The Hall–Kier alpha value is -0.580. The van der Waals surface area contributed by atoms with E-state index in [0.717, 1.165) is 12.1 Å². The van der Waals surface area contributed by atoms with Crippen LogP contribution in [0.25, 0.3) is 0 Å². The van der Waals surface area contributed by atoms with Gasteiger partial charge in [0, 0.05) is 25.2 Å². The van der Waals surface area contributed by atoms with Gasteiger partial charge in [-0.25, -0.2) is 0 Å². The third kappa shape index (κ3) is 3.43. The lowest BCUT2D eigenvalue weighted by atomic mass is 10.0. The second-order valence-electron chi connectivity index (χ2n) is 5.43. The van der Waals surface area contributed by atoms with Gasteiger partial charge < -0.3 is 5.73 Å². The molecule has 1 aliphatic carbocycles. The van der Waals surface area contributed by atoms with Crippen LogP contribution in [0.5, 0.6) is 0 Å². The van der Waals surface area contributed by atoms with Gasteiger partial charge in [-0.05, 0) is 46.9 Å². The quantitative estimate of drug-likeness (QED) is 0.824. The van der Waals surface area contributed by atoms with Gasteiger partial charge in [-0.3, -0.25) is 4.90 Å². The van der Waals surface area contributed by atoms with Crippen LogP contribution in [0.4, 0.5) is 0 Å². The van der Waals surface area contributed by atoms with Gasteiger partial charge in [-0.1, -0.05) is 35.3 Å². The van der Waals surface area contributed by atoms with Crippen molar-refractivity contribution in [3.8, 4) is 0 Å². The lowest BCUT2D eigenvalue weighted by molar-refractivity contribution is 0.182. The van der Waals surface area contributed by atoms with E-state index in [1.54, 1.807) is 11.3 Å². The number of rotatable bonds is 6. The fraction of sp³-hybridized carbons (Fsp3) is 0.375. The summed E-state index contributed by atoms with van der Waals surface area (Å²) in [6.07, 6.45) is 2.47. The zero-order valence-electron chi connectivity index (χ0n) is 11.6. The molecule has 5 heteroatoms. The summed E-state index contributed by atoms with van der Waals surface area (Å²) in [5.74, 6) is 0. The molecule has 2 nitrogen and oxygen atoms in total. The van der Waals surface area contributed by atoms with Crippen LogP contribution in [-0.2, 0) is 6.54 Å². The molecule has 1 fully saturated rings. The predicted molar refractivity (Wildman–Crippen MR) is 91.1 cm³/mol. The lowest BCUT2D eigenvalue weighted by Crippen LogP contribution is -2.35. The zero-order chi connectivity index (χ0) is 14.8. The smallest absolute Gasteiger partial charge is 0.0640 e. The molecule has 1 aliphatic rings. The molecule has 21 heavy (non-hydrogen) atoms. The maximum absolute atomic E-state index is 6.41. The molecule has 0 saturated heterocycles. The van der Waals surface area contributed by atoms with Gasteiger partial charge in [0.1, 0.15) is 0 Å². The summed E-state index contributed by atoms with van der Waals surface area (Å²) in [7, 11) is 0. The summed E-state index contributed by atoms with van der Waals surface area (Å²) >= 11 is 14.3. The first-order chi connectivity index (χ1) is 10.2. The van der Waals surface area contributed by atoms with E-state index < -0.39 is 0 Å². The Morgan fingerprint density at radius 2 is 2.10 bits per heavy atom. The number of nitrogens with two attached hydrogens (primary N) is 1. The molecule has 3 rings (SSSR count). The molecular formula is C16H18Cl2N2S. The van der Waals surface area contributed by atoms with Crippen molar-refractivity contribution >= 4 is 34.5 Å². The minimum atomic E-state index is 0.114. The van der Waals surface area contributed by atoms with Crippen LogP contribution in [0, 0.1) is 0 Å². The highest BCUT2D eigenvalue weighted by molar-refractivity contribution is 7.07. The molecular weight excluding hydrogens is 323 g/mol. The molecule has 1 aromatic heterocycles. The molecule has 0 radical (unpaired) electrons. The summed E-state index contributed by atoms with van der Waals surface area (Å²) < 4.78 is 0. The van der Waals surface area contributed by atoms with Crippen molar-refractivity contribution in [3.63, 3.8) is 0 Å². The minimum absolute atomic E-state index is 0.114. The molecule has 1 saturated carbocycles. The van der Waals surface area contributed by atoms with Gasteiger partial charge in [0.2, 0.25) is 0 Å². The second kappa shape index (κ2) is 6.67. The lowest BCUT2D eigenvalue weighted by Gasteiger charge is -2.32. The van der Waals surface area contributed by atoms with Gasteiger partial charge in [0.25, 0.3) is 0 Å². The average Bonchev–Trinajstić information content (AvgIpc) is 3.20. The van der Waals surface area contributed by atoms with Crippen molar-refractivity contribution in [2.45, 2.75) is 31.5 Å². The zero-order valence-corrected chi connectivity index (χ0v) is 14.0. The highest BCUT2D eigenvalue weighted by Crippen LogP contribution is 2.39. The first kappa shape index (κ1) is 15.3. The number of hydrogen-bond donors (Lipinski definition) is 1. The van der Waals surface area contributed by atoms with Crippen molar-refractivity contribution < 1.29 is 0 Å². The largest absolute Gasteiger partial charge is 0.329 e. The van der Waals surface area contributed by atoms with Crippen molar-refractivity contribution in [3.05, 3.63) is 56.2 Å². The average molecular weight is 341 g/mol. The van der Waals surface area contributed by atoms with E-state index in [0.29, 0.717) is 22.6 Å². The Bertz CT molecular complexity index is 596. The van der Waals surface area contributed by atoms with Crippen molar-refractivity contribution in [2.24, 2.45) is 5.73 Å². The standard InChI is InChI=1S/C16H18Cl2N2S/c17-14-3-1-2-13(16(14)18)15(8-19)20(12-4-5-12)9-11-6-7-21-10-11/h1-3,6-7,10,12,15H,4-5,8-9,19H2. The van der Waals surface area contributed by atoms with Crippen LogP contribution in [0.2, 0.25) is 10.0 Å². The van der Waals surface area contributed by atoms with E-state index in [1.807, 2.05) is 18.2 Å². The Morgan fingerprint density at radius 3 is 2.71 bits per heavy atom. The molecule has 2 aromatic rings. The van der Waals surface area contributed by atoms with Crippen LogP contribution >= 0.6 is 34.5 Å². The number of thiophene rings is 1. The second-order valence-corrected chi connectivity index (χ2v) is 6.99. The van der Waals surface area contributed by atoms with Crippen LogP contribution in [0.15, 0.2) is 35.0 Å². The van der Waals surface area contributed by atoms with Crippen LogP contribution in [0.1, 0.15) is 30.0 Å². The predicted octanol–water partition coefficient (Wildman–Crippen LogP) is 4.72. The Balaban J connectivity index is 1.90. The molecule has 112 valence electrons. The summed E-state index contributed by atoms with van der Waals surface area (Å²) in [5.41, 5.74) is 8.45. The number of hydrogen-bond acceptors (Lipinski definition) is 3. The summed E-state index contributed by atoms with van der Waals surface area (Å²) in [4.78, 5) is 2.47. The molecule has 0 amide bonds. The molecule has 1 aromatic carbocycles. The maximum Gasteiger partial charge on any atom is 0.0640 e. The minimum Gasteiger partial charge on any atom is -0.329 e. The molecule has 0 bridgehead atoms. The van der Waals surface area contributed by atoms with Gasteiger partial charge in [-0.15, -0.1) is 0 Å². The SMILES string of the molecule is NCC(c1cccc(Cl)c1Cl)N(Cc1ccsc1)C1CC1. The van der Waals surface area contributed by atoms with Crippen LogP contribution < -0.4 is 5.73 Å². The molecule has 0 spiro atoms. The molecule has 1 heterocycles. The Kier molecular flexibility index (Phi) is 4.87. The van der Waals surface area contributed by atoms with E-state index in [4.69, 9.17) is 28.9 Å². The summed E-state index contributed by atoms with van der Waals surface area (Å²) in [5, 5.41) is 5.54. The van der Waals surface area contributed by atoms with E-state index in [-0.39, 0.29) is 6.04 Å². The van der Waals surface area contributed by atoms with Crippen molar-refractivity contribution in [2.75, 3.05) is 6.54 Å². The van der Waals surface area contributed by atoms with Crippen LogP contribution in [0.3, 0.4) is 0 Å².